The third kappa shape index (κ3) is 11.2. The Kier molecular flexibility index (Phi) is 10.8. The van der Waals surface area contributed by atoms with Crippen molar-refractivity contribution in [1.29, 1.82) is 0 Å². The molecule has 40 heavy (non-hydrogen) atoms. The standard InChI is InChI=1S/C31H43NO7S/c1-22-9-15-25(16-10-22)40(36,37)20-17-26(33)23-11-13-24(14-12-23)28(35)32-30(5,6)18-19-38-31(7,8)21-27(34)39-29(2,3)4/h9-16H,17-21H2,1-8H3,(H,32,35). The molecule has 0 aliphatic carbocycles. The molecular formula is C31H43NO7S. The van der Waals surface area contributed by atoms with Crippen LogP contribution in [0.3, 0.4) is 0 Å². The Balaban J connectivity index is 1.87. The molecule has 2 aromatic carbocycles. The molecule has 0 saturated heterocycles. The number of sulfone groups is 1. The SMILES string of the molecule is Cc1ccc(S(=O)(=O)CCC(=O)c2ccc(C(=O)NC(C)(C)CCOC(C)(C)CC(=O)OC(C)(C)C)cc2)cc1. The van der Waals surface area contributed by atoms with E-state index in [1.165, 1.54) is 12.1 Å². The highest BCUT2D eigenvalue weighted by Gasteiger charge is 2.28. The van der Waals surface area contributed by atoms with Crippen molar-refractivity contribution in [2.45, 2.75) is 96.3 Å². The molecule has 9 heteroatoms. The summed E-state index contributed by atoms with van der Waals surface area (Å²) in [6, 6.07) is 12.7. The summed E-state index contributed by atoms with van der Waals surface area (Å²) >= 11 is 0. The minimum atomic E-state index is -3.57. The molecule has 0 aromatic heterocycles. The second kappa shape index (κ2) is 13.1. The third-order valence-corrected chi connectivity index (χ3v) is 7.84. The number of hydrogen-bond acceptors (Lipinski definition) is 7. The second-order valence-electron chi connectivity index (χ2n) is 12.3. The van der Waals surface area contributed by atoms with E-state index in [1.54, 1.807) is 36.4 Å². The predicted octanol–water partition coefficient (Wildman–Crippen LogP) is 5.47. The van der Waals surface area contributed by atoms with Crippen molar-refractivity contribution in [3.63, 3.8) is 0 Å². The van der Waals surface area contributed by atoms with Crippen LogP contribution in [0.2, 0.25) is 0 Å². The van der Waals surface area contributed by atoms with E-state index < -0.39 is 26.6 Å². The maximum absolute atomic E-state index is 12.8. The van der Waals surface area contributed by atoms with Crippen LogP contribution >= 0.6 is 0 Å². The van der Waals surface area contributed by atoms with Crippen LogP contribution in [-0.2, 0) is 24.1 Å². The number of hydrogen-bond donors (Lipinski definition) is 1. The smallest absolute Gasteiger partial charge is 0.309 e. The average Bonchev–Trinajstić information content (AvgIpc) is 2.80. The second-order valence-corrected chi connectivity index (χ2v) is 14.5. The number of ketones is 1. The van der Waals surface area contributed by atoms with Gasteiger partial charge in [0.25, 0.3) is 5.91 Å². The molecule has 220 valence electrons. The van der Waals surface area contributed by atoms with Gasteiger partial charge in [0.2, 0.25) is 0 Å². The zero-order valence-electron chi connectivity index (χ0n) is 24.9. The van der Waals surface area contributed by atoms with Crippen molar-refractivity contribution in [3.8, 4) is 0 Å². The first-order valence-corrected chi connectivity index (χ1v) is 15.0. The van der Waals surface area contributed by atoms with Gasteiger partial charge in [0.15, 0.2) is 15.6 Å². The maximum atomic E-state index is 12.8. The molecule has 0 aliphatic heterocycles. The van der Waals surface area contributed by atoms with Crippen LogP contribution in [0.25, 0.3) is 0 Å². The zero-order chi connectivity index (χ0) is 30.4. The Morgan fingerprint density at radius 3 is 1.93 bits per heavy atom. The number of esters is 1. The van der Waals surface area contributed by atoms with Gasteiger partial charge in [-0.25, -0.2) is 8.42 Å². The van der Waals surface area contributed by atoms with E-state index >= 15 is 0 Å². The third-order valence-electron chi connectivity index (χ3n) is 6.11. The summed E-state index contributed by atoms with van der Waals surface area (Å²) in [5.74, 6) is -1.24. The summed E-state index contributed by atoms with van der Waals surface area (Å²) in [5.41, 5.74) is -0.205. The Bertz CT molecular complexity index is 1290. The average molecular weight is 574 g/mol. The molecule has 0 aliphatic rings. The first-order chi connectivity index (χ1) is 18.3. The molecule has 2 aromatic rings. The summed E-state index contributed by atoms with van der Waals surface area (Å²) in [4.78, 5) is 37.8. The highest BCUT2D eigenvalue weighted by atomic mass is 32.2. The minimum Gasteiger partial charge on any atom is -0.460 e. The topological polar surface area (TPSA) is 116 Å². The van der Waals surface area contributed by atoms with Gasteiger partial charge < -0.3 is 14.8 Å². The largest absolute Gasteiger partial charge is 0.460 e. The number of aryl methyl sites for hydroxylation is 1. The van der Waals surface area contributed by atoms with Crippen LogP contribution in [0.15, 0.2) is 53.4 Å². The first-order valence-electron chi connectivity index (χ1n) is 13.4. The van der Waals surface area contributed by atoms with Gasteiger partial charge in [0.1, 0.15) is 5.60 Å². The number of carbonyl (C=O) groups is 3. The molecule has 1 amide bonds. The van der Waals surface area contributed by atoms with E-state index in [9.17, 15) is 22.8 Å². The number of nitrogens with one attached hydrogen (secondary N) is 1. The Morgan fingerprint density at radius 2 is 1.38 bits per heavy atom. The molecule has 0 radical (unpaired) electrons. The predicted molar refractivity (Wildman–Crippen MR) is 155 cm³/mol. The molecule has 1 N–H and O–H groups in total. The van der Waals surface area contributed by atoms with Crippen molar-refractivity contribution in [1.82, 2.24) is 5.32 Å². The van der Waals surface area contributed by atoms with Gasteiger partial charge in [-0.05, 0) is 86.1 Å². The van der Waals surface area contributed by atoms with Crippen LogP contribution in [0, 0.1) is 6.92 Å². The minimum absolute atomic E-state index is 0.111. The lowest BCUT2D eigenvalue weighted by Gasteiger charge is -2.30. The summed E-state index contributed by atoms with van der Waals surface area (Å²) in [7, 11) is -3.57. The van der Waals surface area contributed by atoms with Crippen LogP contribution in [0.1, 0.15) is 94.0 Å². The first kappa shape index (κ1) is 33.2. The molecule has 0 saturated carbocycles. The number of amides is 1. The van der Waals surface area contributed by atoms with Crippen molar-refractivity contribution in [3.05, 3.63) is 65.2 Å². The van der Waals surface area contributed by atoms with E-state index in [1.807, 2.05) is 55.4 Å². The van der Waals surface area contributed by atoms with Crippen molar-refractivity contribution < 1.29 is 32.3 Å². The molecule has 0 fully saturated rings. The highest BCUT2D eigenvalue weighted by Crippen LogP contribution is 2.21. The zero-order valence-corrected chi connectivity index (χ0v) is 25.7. The Hall–Kier alpha value is -3.04. The number of Topliss-reactive ketones (excluding diaryl/α,β-unsaturated/α-hetero) is 1. The van der Waals surface area contributed by atoms with Crippen LogP contribution in [0.5, 0.6) is 0 Å². The van der Waals surface area contributed by atoms with E-state index in [4.69, 9.17) is 9.47 Å². The Morgan fingerprint density at radius 1 is 0.825 bits per heavy atom. The number of carbonyl (C=O) groups excluding carboxylic acids is 3. The monoisotopic (exact) mass is 573 g/mol. The van der Waals surface area contributed by atoms with Gasteiger partial charge in [-0.15, -0.1) is 0 Å². The molecule has 8 nitrogen and oxygen atoms in total. The molecule has 0 unspecified atom stereocenters. The quantitative estimate of drug-likeness (QED) is 0.250. The lowest BCUT2D eigenvalue weighted by molar-refractivity contribution is -0.161. The molecule has 0 spiro atoms. The number of benzene rings is 2. The van der Waals surface area contributed by atoms with E-state index in [0.29, 0.717) is 24.2 Å². The molecular weight excluding hydrogens is 530 g/mol. The summed E-state index contributed by atoms with van der Waals surface area (Å²) in [6.07, 6.45) is 0.460. The fourth-order valence-corrected chi connectivity index (χ4v) is 5.08. The van der Waals surface area contributed by atoms with E-state index in [0.717, 1.165) is 5.56 Å². The van der Waals surface area contributed by atoms with E-state index in [2.05, 4.69) is 5.32 Å². The number of ether oxygens (including phenoxy) is 2. The van der Waals surface area contributed by atoms with Crippen LogP contribution in [-0.4, -0.2) is 55.2 Å². The van der Waals surface area contributed by atoms with E-state index in [-0.39, 0.29) is 41.1 Å². The lowest BCUT2D eigenvalue weighted by Crippen LogP contribution is -2.45. The number of rotatable bonds is 13. The summed E-state index contributed by atoms with van der Waals surface area (Å²) in [5, 5.41) is 2.97. The normalized spacial score (nSPS) is 12.6. The Labute approximate surface area is 238 Å². The molecule has 2 rings (SSSR count). The fraction of sp³-hybridized carbons (Fsp3) is 0.516. The summed E-state index contributed by atoms with van der Waals surface area (Å²) < 4.78 is 36.4. The van der Waals surface area contributed by atoms with Crippen molar-refractivity contribution in [2.75, 3.05) is 12.4 Å². The molecule has 0 bridgehead atoms. The van der Waals surface area contributed by atoms with Crippen molar-refractivity contribution >= 4 is 27.5 Å². The van der Waals surface area contributed by atoms with Gasteiger partial charge in [0.05, 0.1) is 22.7 Å². The molecule has 0 heterocycles. The van der Waals surface area contributed by atoms with Crippen molar-refractivity contribution in [2.24, 2.45) is 0 Å². The molecule has 0 atom stereocenters. The van der Waals surface area contributed by atoms with Crippen LogP contribution in [0.4, 0.5) is 0 Å². The van der Waals surface area contributed by atoms with Gasteiger partial charge in [0, 0.05) is 29.7 Å². The van der Waals surface area contributed by atoms with Gasteiger partial charge in [-0.1, -0.05) is 29.8 Å². The fourth-order valence-electron chi connectivity index (χ4n) is 3.84. The lowest BCUT2D eigenvalue weighted by atomic mass is 9.99. The summed E-state index contributed by atoms with van der Waals surface area (Å²) in [6.45, 7) is 15.0. The van der Waals surface area contributed by atoms with Gasteiger partial charge in [-0.3, -0.25) is 14.4 Å². The highest BCUT2D eigenvalue weighted by molar-refractivity contribution is 7.91. The van der Waals surface area contributed by atoms with Crippen LogP contribution < -0.4 is 5.32 Å². The maximum Gasteiger partial charge on any atom is 0.309 e. The van der Waals surface area contributed by atoms with Gasteiger partial charge in [-0.2, -0.15) is 0 Å². The van der Waals surface area contributed by atoms with Gasteiger partial charge >= 0.3 is 5.97 Å².